The van der Waals surface area contributed by atoms with Crippen LogP contribution in [-0.4, -0.2) is 40.6 Å². The quantitative estimate of drug-likeness (QED) is 0.634. The lowest BCUT2D eigenvalue weighted by atomic mass is 10.1. The van der Waals surface area contributed by atoms with Crippen LogP contribution in [0.5, 0.6) is 11.5 Å². The van der Waals surface area contributed by atoms with Crippen molar-refractivity contribution in [2.24, 2.45) is 0 Å². The van der Waals surface area contributed by atoms with Crippen molar-refractivity contribution in [3.63, 3.8) is 0 Å². The molecule has 2 aliphatic heterocycles. The number of hydrogen-bond acceptors (Lipinski definition) is 6. The highest BCUT2D eigenvalue weighted by Gasteiger charge is 2.26. The molecule has 9 heteroatoms. The summed E-state index contributed by atoms with van der Waals surface area (Å²) in [6.07, 6.45) is 0.901. The number of halogens is 1. The number of rotatable bonds is 6. The lowest BCUT2D eigenvalue weighted by Crippen LogP contribution is -2.43. The first-order valence-electron chi connectivity index (χ1n) is 9.40. The average molecular weight is 463 g/mol. The van der Waals surface area contributed by atoms with E-state index < -0.39 is 0 Å². The molecule has 0 aromatic heterocycles. The maximum atomic E-state index is 12.0. The molecule has 2 atom stereocenters. The second-order valence-corrected chi connectivity index (χ2v) is 9.16. The van der Waals surface area contributed by atoms with E-state index in [4.69, 9.17) is 33.3 Å². The summed E-state index contributed by atoms with van der Waals surface area (Å²) in [5.74, 6) is 1.80. The predicted octanol–water partition coefficient (Wildman–Crippen LogP) is 3.88. The van der Waals surface area contributed by atoms with Gasteiger partial charge in [0.15, 0.2) is 0 Å². The third-order valence-electron chi connectivity index (χ3n) is 4.76. The summed E-state index contributed by atoms with van der Waals surface area (Å²) >= 11 is 13.0. The SMILES string of the molecule is O=C1NC(Cc2ccc(Oc3ccc(CC4SCC(=S)NC4=O)cc3Cl)cc2)CO1. The smallest absolute Gasteiger partial charge is 0.407 e. The molecule has 6 nitrogen and oxygen atoms in total. The number of hydrogen-bond donors (Lipinski definition) is 2. The van der Waals surface area contributed by atoms with Gasteiger partial charge in [0.25, 0.3) is 0 Å². The zero-order valence-electron chi connectivity index (χ0n) is 15.9. The molecule has 2 aromatic rings. The highest BCUT2D eigenvalue weighted by atomic mass is 35.5. The first kappa shape index (κ1) is 21.0. The second-order valence-electron chi connectivity index (χ2n) is 7.07. The maximum absolute atomic E-state index is 12.0. The van der Waals surface area contributed by atoms with Crippen molar-refractivity contribution >= 4 is 52.6 Å². The topological polar surface area (TPSA) is 76.7 Å². The normalized spacial score (nSPS) is 21.0. The van der Waals surface area contributed by atoms with Crippen LogP contribution in [0.15, 0.2) is 42.5 Å². The summed E-state index contributed by atoms with van der Waals surface area (Å²) in [6, 6.07) is 13.2. The maximum Gasteiger partial charge on any atom is 0.407 e. The Bertz CT molecular complexity index is 983. The molecule has 30 heavy (non-hydrogen) atoms. The van der Waals surface area contributed by atoms with Crippen LogP contribution >= 0.6 is 35.6 Å². The second kappa shape index (κ2) is 9.24. The minimum Gasteiger partial charge on any atom is -0.456 e. The van der Waals surface area contributed by atoms with E-state index in [0.717, 1.165) is 11.1 Å². The van der Waals surface area contributed by atoms with Crippen molar-refractivity contribution in [3.8, 4) is 11.5 Å². The van der Waals surface area contributed by atoms with Gasteiger partial charge in [-0.2, -0.15) is 0 Å². The third kappa shape index (κ3) is 5.24. The van der Waals surface area contributed by atoms with Gasteiger partial charge in [0.1, 0.15) is 18.1 Å². The molecule has 2 unspecified atom stereocenters. The van der Waals surface area contributed by atoms with Crippen LogP contribution in [0.1, 0.15) is 11.1 Å². The van der Waals surface area contributed by atoms with E-state index in [9.17, 15) is 9.59 Å². The zero-order valence-corrected chi connectivity index (χ0v) is 18.2. The van der Waals surface area contributed by atoms with Crippen LogP contribution < -0.4 is 15.4 Å². The van der Waals surface area contributed by atoms with Gasteiger partial charge >= 0.3 is 6.09 Å². The van der Waals surface area contributed by atoms with Crippen molar-refractivity contribution in [2.45, 2.75) is 24.1 Å². The molecule has 2 aliphatic rings. The van der Waals surface area contributed by atoms with E-state index in [2.05, 4.69) is 10.6 Å². The molecule has 2 heterocycles. The number of carbonyl (C=O) groups is 2. The number of benzene rings is 2. The highest BCUT2D eigenvalue weighted by molar-refractivity contribution is 8.02. The molecule has 156 valence electrons. The number of cyclic esters (lactones) is 1. The fourth-order valence-electron chi connectivity index (χ4n) is 3.27. The number of thiocarbonyl (C=S) groups is 1. The number of ether oxygens (including phenoxy) is 2. The molecule has 2 aromatic carbocycles. The van der Waals surface area contributed by atoms with Gasteiger partial charge in [-0.25, -0.2) is 4.79 Å². The fourth-order valence-corrected chi connectivity index (χ4v) is 4.76. The van der Waals surface area contributed by atoms with E-state index in [0.29, 0.717) is 46.7 Å². The van der Waals surface area contributed by atoms with Crippen molar-refractivity contribution < 1.29 is 19.1 Å². The molecule has 0 spiro atoms. The standard InChI is InChI=1S/C21H19ClN2O4S2/c22-16-8-13(9-18-20(25)24-19(29)11-30-18)3-6-17(16)28-15-4-1-12(2-5-15)7-14-10-27-21(26)23-14/h1-6,8,14,18H,7,9-11H2,(H,23,26)(H,24,25,29). The Labute approximate surface area is 188 Å². The molecule has 4 rings (SSSR count). The van der Waals surface area contributed by atoms with E-state index in [1.54, 1.807) is 11.8 Å². The average Bonchev–Trinajstić information content (AvgIpc) is 3.12. The van der Waals surface area contributed by atoms with E-state index in [-0.39, 0.29) is 23.3 Å². The lowest BCUT2D eigenvalue weighted by Gasteiger charge is -2.22. The molecule has 2 fully saturated rings. The Hall–Kier alpha value is -2.29. The summed E-state index contributed by atoms with van der Waals surface area (Å²) in [5, 5.41) is 5.79. The minimum atomic E-state index is -0.371. The molecule has 0 bridgehead atoms. The first-order valence-corrected chi connectivity index (χ1v) is 11.2. The molecule has 2 amide bonds. The largest absolute Gasteiger partial charge is 0.456 e. The summed E-state index contributed by atoms with van der Waals surface area (Å²) in [4.78, 5) is 23.7. The van der Waals surface area contributed by atoms with E-state index >= 15 is 0 Å². The summed E-state index contributed by atoms with van der Waals surface area (Å²) in [7, 11) is 0. The molecule has 2 saturated heterocycles. The number of thioether (sulfide) groups is 1. The summed E-state index contributed by atoms with van der Waals surface area (Å²) < 4.78 is 10.8. The van der Waals surface area contributed by atoms with Crippen LogP contribution in [0.25, 0.3) is 0 Å². The number of alkyl carbamates (subject to hydrolysis) is 1. The van der Waals surface area contributed by atoms with Crippen LogP contribution in [0.3, 0.4) is 0 Å². The lowest BCUT2D eigenvalue weighted by molar-refractivity contribution is -0.119. The van der Waals surface area contributed by atoms with Crippen molar-refractivity contribution in [1.82, 2.24) is 10.6 Å². The van der Waals surface area contributed by atoms with Crippen LogP contribution in [0.2, 0.25) is 5.02 Å². The molecule has 0 aliphatic carbocycles. The van der Waals surface area contributed by atoms with E-state index in [1.807, 2.05) is 42.5 Å². The van der Waals surface area contributed by atoms with Gasteiger partial charge in [0, 0.05) is 5.75 Å². The summed E-state index contributed by atoms with van der Waals surface area (Å²) in [5.41, 5.74) is 2.03. The van der Waals surface area contributed by atoms with Gasteiger partial charge in [0.05, 0.1) is 21.3 Å². The Morgan fingerprint density at radius 1 is 1.13 bits per heavy atom. The van der Waals surface area contributed by atoms with Crippen molar-refractivity contribution in [2.75, 3.05) is 12.4 Å². The molecule has 0 radical (unpaired) electrons. The molecule has 0 saturated carbocycles. The summed E-state index contributed by atoms with van der Waals surface area (Å²) in [6.45, 7) is 0.382. The monoisotopic (exact) mass is 462 g/mol. The van der Waals surface area contributed by atoms with Gasteiger partial charge in [0.2, 0.25) is 5.91 Å². The van der Waals surface area contributed by atoms with Crippen LogP contribution in [0.4, 0.5) is 4.79 Å². The number of amides is 2. The Morgan fingerprint density at radius 3 is 2.57 bits per heavy atom. The zero-order chi connectivity index (χ0) is 21.1. The van der Waals surface area contributed by atoms with Crippen LogP contribution in [0, 0.1) is 0 Å². The first-order chi connectivity index (χ1) is 14.5. The Morgan fingerprint density at radius 2 is 1.90 bits per heavy atom. The van der Waals surface area contributed by atoms with Gasteiger partial charge in [-0.05, 0) is 48.2 Å². The van der Waals surface area contributed by atoms with Gasteiger partial charge in [-0.1, -0.05) is 42.0 Å². The number of nitrogens with one attached hydrogen (secondary N) is 2. The molecular formula is C21H19ClN2O4S2. The van der Waals surface area contributed by atoms with Crippen molar-refractivity contribution in [3.05, 3.63) is 58.6 Å². The number of carbonyl (C=O) groups excluding carboxylic acids is 2. The molecular weight excluding hydrogens is 444 g/mol. The molecule has 2 N–H and O–H groups in total. The Kier molecular flexibility index (Phi) is 6.46. The van der Waals surface area contributed by atoms with E-state index in [1.165, 1.54) is 0 Å². The highest BCUT2D eigenvalue weighted by Crippen LogP contribution is 2.32. The fraction of sp³-hybridized carbons (Fsp3) is 0.286. The predicted molar refractivity (Wildman–Crippen MR) is 121 cm³/mol. The third-order valence-corrected chi connectivity index (χ3v) is 6.72. The van der Waals surface area contributed by atoms with Gasteiger partial charge in [-0.15, -0.1) is 11.8 Å². The van der Waals surface area contributed by atoms with Gasteiger partial charge in [-0.3, -0.25) is 4.79 Å². The van der Waals surface area contributed by atoms with Crippen LogP contribution in [-0.2, 0) is 22.4 Å². The van der Waals surface area contributed by atoms with Crippen molar-refractivity contribution in [1.29, 1.82) is 0 Å². The minimum absolute atomic E-state index is 0.00811. The van der Waals surface area contributed by atoms with Gasteiger partial charge < -0.3 is 20.1 Å². The Balaban J connectivity index is 1.36.